The van der Waals surface area contributed by atoms with Crippen molar-refractivity contribution in [2.24, 2.45) is 0 Å². The van der Waals surface area contributed by atoms with Gasteiger partial charge < -0.3 is 0 Å². The van der Waals surface area contributed by atoms with Gasteiger partial charge >= 0.3 is 0 Å². The summed E-state index contributed by atoms with van der Waals surface area (Å²) in [4.78, 5) is 9.31. The lowest BCUT2D eigenvalue weighted by molar-refractivity contribution is 0.549. The van der Waals surface area contributed by atoms with Crippen molar-refractivity contribution in [3.05, 3.63) is 47.8 Å². The number of benzene rings is 1. The van der Waals surface area contributed by atoms with Crippen molar-refractivity contribution in [1.29, 1.82) is 0 Å². The minimum Gasteiger partial charge on any atom is -0.236 e. The van der Waals surface area contributed by atoms with Crippen molar-refractivity contribution < 1.29 is 0 Å². The molecule has 1 aromatic carbocycles. The van der Waals surface area contributed by atoms with Gasteiger partial charge in [-0.05, 0) is 36.8 Å². The van der Waals surface area contributed by atoms with Gasteiger partial charge in [0.1, 0.15) is 0 Å². The van der Waals surface area contributed by atoms with E-state index in [1.54, 1.807) is 0 Å². The second-order valence-corrected chi connectivity index (χ2v) is 10.6. The van der Waals surface area contributed by atoms with E-state index in [0.29, 0.717) is 0 Å². The number of nitrogens with zero attached hydrogens (tertiary/aromatic N) is 2. The first-order valence-electron chi connectivity index (χ1n) is 15.2. The molecule has 0 unspecified atom stereocenters. The van der Waals surface area contributed by atoms with Crippen LogP contribution in [0, 0.1) is 0 Å². The van der Waals surface area contributed by atoms with Gasteiger partial charge in [0.15, 0.2) is 5.82 Å². The molecule has 0 atom stereocenters. The Kier molecular flexibility index (Phi) is 17.3. The first-order valence-corrected chi connectivity index (χ1v) is 15.2. The number of unbranched alkanes of at least 4 members (excludes halogenated alkanes) is 17. The topological polar surface area (TPSA) is 25.8 Å². The molecule has 2 heteroatoms. The lowest BCUT2D eigenvalue weighted by Gasteiger charge is -2.06. The van der Waals surface area contributed by atoms with Crippen LogP contribution in [0.4, 0.5) is 0 Å². The molecule has 2 aromatic rings. The van der Waals surface area contributed by atoms with Gasteiger partial charge in [-0.3, -0.25) is 0 Å². The van der Waals surface area contributed by atoms with Crippen LogP contribution in [0.5, 0.6) is 0 Å². The summed E-state index contributed by atoms with van der Waals surface area (Å²) in [7, 11) is 0. The Labute approximate surface area is 217 Å². The normalized spacial score (nSPS) is 11.3. The average molecular weight is 479 g/mol. The van der Waals surface area contributed by atoms with Crippen molar-refractivity contribution in [3.8, 4) is 11.4 Å². The van der Waals surface area contributed by atoms with Crippen molar-refractivity contribution in [2.45, 2.75) is 149 Å². The standard InChI is InChI=1S/C33H54N2/c1-3-5-7-9-11-13-14-15-17-19-21-23-31-28-34-33(35-29-31)32-26-24-30(25-27-32)22-20-18-16-12-10-8-6-4-2/h24-29H,3-23H2,1-2H3. The lowest BCUT2D eigenvalue weighted by Crippen LogP contribution is -1.94. The summed E-state index contributed by atoms with van der Waals surface area (Å²) in [6.07, 6.45) is 32.7. The molecule has 0 amide bonds. The van der Waals surface area contributed by atoms with Gasteiger partial charge in [0.05, 0.1) is 0 Å². The zero-order chi connectivity index (χ0) is 24.8. The molecule has 0 saturated carbocycles. The maximum Gasteiger partial charge on any atom is 0.159 e. The number of hydrogen-bond acceptors (Lipinski definition) is 2. The minimum absolute atomic E-state index is 0.853. The highest BCUT2D eigenvalue weighted by molar-refractivity contribution is 5.55. The van der Waals surface area contributed by atoms with Crippen LogP contribution in [0.1, 0.15) is 147 Å². The number of aryl methyl sites for hydroxylation is 2. The fourth-order valence-corrected chi connectivity index (χ4v) is 4.91. The molecule has 2 rings (SSSR count). The molecule has 0 aliphatic rings. The molecule has 0 saturated heterocycles. The first kappa shape index (κ1) is 29.5. The van der Waals surface area contributed by atoms with E-state index in [9.17, 15) is 0 Å². The van der Waals surface area contributed by atoms with Crippen LogP contribution in [-0.4, -0.2) is 9.97 Å². The summed E-state index contributed by atoms with van der Waals surface area (Å²) >= 11 is 0. The third kappa shape index (κ3) is 14.5. The average Bonchev–Trinajstić information content (AvgIpc) is 2.89. The molecule has 0 fully saturated rings. The van der Waals surface area contributed by atoms with Crippen molar-refractivity contribution in [1.82, 2.24) is 9.97 Å². The van der Waals surface area contributed by atoms with Crippen molar-refractivity contribution >= 4 is 0 Å². The predicted molar refractivity (Wildman–Crippen MR) is 154 cm³/mol. The van der Waals surface area contributed by atoms with Gasteiger partial charge in [0.2, 0.25) is 0 Å². The Morgan fingerprint density at radius 1 is 0.429 bits per heavy atom. The largest absolute Gasteiger partial charge is 0.236 e. The Balaban J connectivity index is 1.54. The fourth-order valence-electron chi connectivity index (χ4n) is 4.91. The Hall–Kier alpha value is -1.70. The van der Waals surface area contributed by atoms with Crippen LogP contribution in [0.25, 0.3) is 11.4 Å². The maximum atomic E-state index is 4.65. The van der Waals surface area contributed by atoms with Crippen LogP contribution in [0.3, 0.4) is 0 Å². The van der Waals surface area contributed by atoms with E-state index in [1.807, 2.05) is 12.4 Å². The van der Waals surface area contributed by atoms with E-state index in [1.165, 1.54) is 140 Å². The van der Waals surface area contributed by atoms with Gasteiger partial charge in [0.25, 0.3) is 0 Å². The third-order valence-corrected chi connectivity index (χ3v) is 7.31. The highest BCUT2D eigenvalue weighted by Gasteiger charge is 2.03. The van der Waals surface area contributed by atoms with Crippen LogP contribution < -0.4 is 0 Å². The molecule has 0 bridgehead atoms. The molecule has 0 spiro atoms. The summed E-state index contributed by atoms with van der Waals surface area (Å²) in [6, 6.07) is 8.91. The second-order valence-electron chi connectivity index (χ2n) is 10.6. The van der Waals surface area contributed by atoms with E-state index in [0.717, 1.165) is 17.8 Å². The highest BCUT2D eigenvalue weighted by atomic mass is 14.9. The zero-order valence-electron chi connectivity index (χ0n) is 23.2. The lowest BCUT2D eigenvalue weighted by atomic mass is 10.0. The monoisotopic (exact) mass is 478 g/mol. The second kappa shape index (κ2) is 20.5. The quantitative estimate of drug-likeness (QED) is 0.157. The Morgan fingerprint density at radius 2 is 0.800 bits per heavy atom. The smallest absolute Gasteiger partial charge is 0.159 e. The molecule has 0 radical (unpaired) electrons. The molecule has 0 aliphatic heterocycles. The van der Waals surface area contributed by atoms with E-state index in [-0.39, 0.29) is 0 Å². The summed E-state index contributed by atoms with van der Waals surface area (Å²) < 4.78 is 0. The fraction of sp³-hybridized carbons (Fsp3) is 0.697. The number of rotatable bonds is 22. The van der Waals surface area contributed by atoms with Gasteiger partial charge in [-0.2, -0.15) is 0 Å². The number of aromatic nitrogens is 2. The molecule has 1 heterocycles. The van der Waals surface area contributed by atoms with E-state index in [2.05, 4.69) is 48.1 Å². The molecular formula is C33H54N2. The zero-order valence-corrected chi connectivity index (χ0v) is 23.2. The van der Waals surface area contributed by atoms with Gasteiger partial charge in [-0.15, -0.1) is 0 Å². The van der Waals surface area contributed by atoms with Crippen molar-refractivity contribution in [3.63, 3.8) is 0 Å². The third-order valence-electron chi connectivity index (χ3n) is 7.31. The summed E-state index contributed by atoms with van der Waals surface area (Å²) in [5.41, 5.74) is 3.84. The Bertz CT molecular complexity index is 720. The molecule has 35 heavy (non-hydrogen) atoms. The van der Waals surface area contributed by atoms with Crippen LogP contribution in [-0.2, 0) is 12.8 Å². The number of hydrogen-bond donors (Lipinski definition) is 0. The van der Waals surface area contributed by atoms with Gasteiger partial charge in [0, 0.05) is 18.0 Å². The highest BCUT2D eigenvalue weighted by Crippen LogP contribution is 2.18. The molecule has 0 N–H and O–H groups in total. The first-order chi connectivity index (χ1) is 17.3. The SMILES string of the molecule is CCCCCCCCCCCCCc1cnc(-c2ccc(CCCCCCCCCC)cc2)nc1. The summed E-state index contributed by atoms with van der Waals surface area (Å²) in [5.74, 6) is 0.853. The van der Waals surface area contributed by atoms with Crippen LogP contribution in [0.2, 0.25) is 0 Å². The molecular weight excluding hydrogens is 424 g/mol. The van der Waals surface area contributed by atoms with Crippen LogP contribution in [0.15, 0.2) is 36.7 Å². The minimum atomic E-state index is 0.853. The molecule has 1 aromatic heterocycles. The maximum absolute atomic E-state index is 4.65. The van der Waals surface area contributed by atoms with Gasteiger partial charge in [-0.25, -0.2) is 9.97 Å². The van der Waals surface area contributed by atoms with E-state index in [4.69, 9.17) is 0 Å². The van der Waals surface area contributed by atoms with E-state index < -0.39 is 0 Å². The summed E-state index contributed by atoms with van der Waals surface area (Å²) in [6.45, 7) is 4.57. The Morgan fingerprint density at radius 3 is 1.23 bits per heavy atom. The van der Waals surface area contributed by atoms with Gasteiger partial charge in [-0.1, -0.05) is 147 Å². The molecule has 196 valence electrons. The molecule has 0 aliphatic carbocycles. The predicted octanol–water partition coefficient (Wildman–Crippen LogP) is 10.7. The van der Waals surface area contributed by atoms with Crippen molar-refractivity contribution in [2.75, 3.05) is 0 Å². The summed E-state index contributed by atoms with van der Waals surface area (Å²) in [5, 5.41) is 0. The van der Waals surface area contributed by atoms with E-state index >= 15 is 0 Å². The van der Waals surface area contributed by atoms with Crippen LogP contribution >= 0.6 is 0 Å². The molecule has 2 nitrogen and oxygen atoms in total.